The molecule has 124 valence electrons. The van der Waals surface area contributed by atoms with Gasteiger partial charge in [0.2, 0.25) is 5.91 Å². The number of unbranched alkanes of at least 4 members (excludes halogenated alkanes) is 1. The molecule has 1 amide bonds. The fourth-order valence-electron chi connectivity index (χ4n) is 2.62. The number of nitrogens with zero attached hydrogens (tertiary/aromatic N) is 1. The number of amides is 1. The summed E-state index contributed by atoms with van der Waals surface area (Å²) in [5.74, 6) is -1.11. The first kappa shape index (κ1) is 17.5. The summed E-state index contributed by atoms with van der Waals surface area (Å²) in [7, 11) is 1.57. The molecule has 0 radical (unpaired) electrons. The molecular weight excluding hydrogens is 360 g/mol. The van der Waals surface area contributed by atoms with Gasteiger partial charge >= 0.3 is 5.97 Å². The normalized spacial score (nSPS) is 12.3. The van der Waals surface area contributed by atoms with Gasteiger partial charge in [-0.1, -0.05) is 34.1 Å². The van der Waals surface area contributed by atoms with Crippen molar-refractivity contribution >= 4 is 38.7 Å². The maximum absolute atomic E-state index is 12.2. The lowest BCUT2D eigenvalue weighted by atomic mass is 10.0. The van der Waals surface area contributed by atoms with Crippen LogP contribution in [0.4, 0.5) is 0 Å². The fourth-order valence-corrected chi connectivity index (χ4v) is 3.02. The summed E-state index contributed by atoms with van der Waals surface area (Å²) in [6, 6.07) is 6.90. The highest BCUT2D eigenvalue weighted by molar-refractivity contribution is 9.09. The number of alkyl halides is 1. The molecule has 0 aliphatic heterocycles. The highest BCUT2D eigenvalue weighted by Gasteiger charge is 2.27. The lowest BCUT2D eigenvalue weighted by Gasteiger charge is -2.25. The second-order valence-electron chi connectivity index (χ2n) is 5.57. The monoisotopic (exact) mass is 380 g/mol. The number of aliphatic carboxylic acids is 1. The summed E-state index contributed by atoms with van der Waals surface area (Å²) in [5.41, 5.74) is 1.88. The molecule has 2 aromatic rings. The van der Waals surface area contributed by atoms with Gasteiger partial charge in [0.05, 0.1) is 0 Å². The summed E-state index contributed by atoms with van der Waals surface area (Å²) in [5, 5.41) is 11.4. The highest BCUT2D eigenvalue weighted by atomic mass is 79.9. The van der Waals surface area contributed by atoms with Gasteiger partial charge in [0, 0.05) is 42.3 Å². The molecule has 0 unspecified atom stereocenters. The molecule has 1 aromatic carbocycles. The van der Waals surface area contributed by atoms with Crippen molar-refractivity contribution in [1.82, 2.24) is 9.88 Å². The average Bonchev–Trinajstić information content (AvgIpc) is 2.95. The Labute approximate surface area is 143 Å². The number of aromatic amines is 1. The molecular formula is C17H21BrN2O3. The van der Waals surface area contributed by atoms with Crippen molar-refractivity contribution in [3.8, 4) is 0 Å². The Morgan fingerprint density at radius 1 is 1.30 bits per heavy atom. The maximum atomic E-state index is 12.2. The van der Waals surface area contributed by atoms with Gasteiger partial charge in [0.15, 0.2) is 0 Å². The number of hydrogen-bond acceptors (Lipinski definition) is 2. The van der Waals surface area contributed by atoms with Gasteiger partial charge < -0.3 is 15.0 Å². The van der Waals surface area contributed by atoms with Crippen LogP contribution in [0.1, 0.15) is 24.8 Å². The van der Waals surface area contributed by atoms with Crippen LogP contribution in [-0.2, 0) is 16.0 Å². The molecule has 0 spiro atoms. The van der Waals surface area contributed by atoms with E-state index < -0.39 is 12.0 Å². The number of halogens is 1. The largest absolute Gasteiger partial charge is 0.480 e. The van der Waals surface area contributed by atoms with E-state index in [1.54, 1.807) is 7.05 Å². The lowest BCUT2D eigenvalue weighted by Crippen LogP contribution is -2.43. The topological polar surface area (TPSA) is 73.4 Å². The van der Waals surface area contributed by atoms with E-state index in [-0.39, 0.29) is 5.91 Å². The first-order valence-electron chi connectivity index (χ1n) is 7.64. The molecule has 23 heavy (non-hydrogen) atoms. The van der Waals surface area contributed by atoms with Gasteiger partial charge in [0.1, 0.15) is 6.04 Å². The Morgan fingerprint density at radius 3 is 2.74 bits per heavy atom. The van der Waals surface area contributed by atoms with Crippen molar-refractivity contribution in [3.05, 3.63) is 36.0 Å². The quantitative estimate of drug-likeness (QED) is 0.545. The van der Waals surface area contributed by atoms with Crippen LogP contribution in [0, 0.1) is 0 Å². The van der Waals surface area contributed by atoms with Crippen LogP contribution < -0.4 is 0 Å². The predicted octanol–water partition coefficient (Wildman–Crippen LogP) is 3.19. The molecule has 0 aliphatic carbocycles. The first-order chi connectivity index (χ1) is 11.0. The van der Waals surface area contributed by atoms with Gasteiger partial charge in [-0.05, 0) is 24.5 Å². The number of benzene rings is 1. The number of fused-ring (bicyclic) bond motifs is 1. The third-order valence-corrected chi connectivity index (χ3v) is 4.57. The third kappa shape index (κ3) is 4.34. The Hall–Kier alpha value is -1.82. The van der Waals surface area contributed by atoms with Gasteiger partial charge in [-0.25, -0.2) is 4.79 Å². The summed E-state index contributed by atoms with van der Waals surface area (Å²) >= 11 is 3.33. The Morgan fingerprint density at radius 2 is 2.04 bits per heavy atom. The highest BCUT2D eigenvalue weighted by Crippen LogP contribution is 2.20. The van der Waals surface area contributed by atoms with Crippen LogP contribution in [-0.4, -0.2) is 45.3 Å². The predicted molar refractivity (Wildman–Crippen MR) is 93.8 cm³/mol. The van der Waals surface area contributed by atoms with Crippen LogP contribution in [0.2, 0.25) is 0 Å². The smallest absolute Gasteiger partial charge is 0.326 e. The molecule has 0 saturated carbocycles. The molecule has 1 heterocycles. The number of H-pyrrole nitrogens is 1. The van der Waals surface area contributed by atoms with Crippen molar-refractivity contribution < 1.29 is 14.7 Å². The maximum Gasteiger partial charge on any atom is 0.326 e. The molecule has 0 saturated heterocycles. The molecule has 6 heteroatoms. The molecule has 5 nitrogen and oxygen atoms in total. The Balaban J connectivity index is 2.12. The van der Waals surface area contributed by atoms with Gasteiger partial charge in [0.25, 0.3) is 0 Å². The first-order valence-corrected chi connectivity index (χ1v) is 8.76. The third-order valence-electron chi connectivity index (χ3n) is 4.01. The zero-order valence-corrected chi connectivity index (χ0v) is 14.7. The van der Waals surface area contributed by atoms with Crippen molar-refractivity contribution in [2.24, 2.45) is 0 Å². The molecule has 0 bridgehead atoms. The van der Waals surface area contributed by atoms with Gasteiger partial charge in [-0.3, -0.25) is 4.79 Å². The molecule has 0 aliphatic rings. The number of carboxylic acid groups (broad SMARTS) is 1. The fraction of sp³-hybridized carbons (Fsp3) is 0.412. The molecule has 2 N–H and O–H groups in total. The second-order valence-corrected chi connectivity index (χ2v) is 6.36. The minimum atomic E-state index is -0.980. The number of likely N-dealkylation sites (N-methyl/N-ethyl adjacent to an activating group) is 1. The number of nitrogens with one attached hydrogen (secondary N) is 1. The number of hydrogen-bond donors (Lipinski definition) is 2. The van der Waals surface area contributed by atoms with Crippen molar-refractivity contribution in [3.63, 3.8) is 0 Å². The number of carbonyl (C=O) groups excluding carboxylic acids is 1. The van der Waals surface area contributed by atoms with E-state index in [0.717, 1.165) is 34.6 Å². The number of aromatic nitrogens is 1. The van der Waals surface area contributed by atoms with Gasteiger partial charge in [-0.15, -0.1) is 0 Å². The summed E-state index contributed by atoms with van der Waals surface area (Å²) < 4.78 is 0. The summed E-state index contributed by atoms with van der Waals surface area (Å²) in [6.45, 7) is 0. The van der Waals surface area contributed by atoms with Crippen molar-refractivity contribution in [2.75, 3.05) is 12.4 Å². The standard InChI is InChI=1S/C17H21BrN2O3/c1-20(16(21)8-4-5-9-18)15(17(22)23)10-12-11-19-14-7-3-2-6-13(12)14/h2-3,6-7,11,15,19H,4-5,8-10H2,1H3,(H,22,23)/t15-/m0/s1. The minimum absolute atomic E-state index is 0.127. The molecule has 2 rings (SSSR count). The molecule has 1 aromatic heterocycles. The zero-order chi connectivity index (χ0) is 16.8. The number of carboxylic acids is 1. The van der Waals surface area contributed by atoms with E-state index in [4.69, 9.17) is 0 Å². The summed E-state index contributed by atoms with van der Waals surface area (Å²) in [4.78, 5) is 28.3. The number of para-hydroxylation sites is 1. The van der Waals surface area contributed by atoms with Crippen LogP contribution >= 0.6 is 15.9 Å². The Bertz CT molecular complexity index is 683. The lowest BCUT2D eigenvalue weighted by molar-refractivity contribution is -0.149. The van der Waals surface area contributed by atoms with Crippen LogP contribution in [0.25, 0.3) is 10.9 Å². The minimum Gasteiger partial charge on any atom is -0.480 e. The zero-order valence-electron chi connectivity index (χ0n) is 13.1. The van der Waals surface area contributed by atoms with E-state index in [1.165, 1.54) is 4.90 Å². The van der Waals surface area contributed by atoms with Crippen molar-refractivity contribution in [2.45, 2.75) is 31.7 Å². The summed E-state index contributed by atoms with van der Waals surface area (Å²) in [6.07, 6.45) is 4.15. The second kappa shape index (κ2) is 8.15. The van der Waals surface area contributed by atoms with E-state index in [0.29, 0.717) is 12.8 Å². The van der Waals surface area contributed by atoms with Crippen molar-refractivity contribution in [1.29, 1.82) is 0 Å². The Kier molecular flexibility index (Phi) is 6.21. The number of carbonyl (C=O) groups is 2. The average molecular weight is 381 g/mol. The molecule has 0 fully saturated rings. The van der Waals surface area contributed by atoms with E-state index in [1.807, 2.05) is 30.5 Å². The SMILES string of the molecule is CN(C(=O)CCCCBr)[C@@H](Cc1c[nH]c2ccccc12)C(=O)O. The molecule has 1 atom stereocenters. The van der Waals surface area contributed by atoms with Crippen LogP contribution in [0.3, 0.4) is 0 Å². The number of rotatable bonds is 8. The van der Waals surface area contributed by atoms with Crippen LogP contribution in [0.15, 0.2) is 30.5 Å². The van der Waals surface area contributed by atoms with E-state index in [2.05, 4.69) is 20.9 Å². The van der Waals surface area contributed by atoms with Crippen LogP contribution in [0.5, 0.6) is 0 Å². The van der Waals surface area contributed by atoms with E-state index >= 15 is 0 Å². The van der Waals surface area contributed by atoms with E-state index in [9.17, 15) is 14.7 Å². The van der Waals surface area contributed by atoms with Gasteiger partial charge in [-0.2, -0.15) is 0 Å².